The van der Waals surface area contributed by atoms with E-state index in [1.54, 1.807) is 0 Å². The fourth-order valence-corrected chi connectivity index (χ4v) is 6.49. The number of carbonyl (C=O) groups excluding carboxylic acids is 1. The molecule has 40 heavy (non-hydrogen) atoms. The Morgan fingerprint density at radius 1 is 0.500 bits per heavy atom. The van der Waals surface area contributed by atoms with Crippen molar-refractivity contribution >= 4 is 22.4 Å². The number of anilines is 1. The second-order valence-electron chi connectivity index (χ2n) is 10.3. The molecule has 6 aromatic rings. The van der Waals surface area contributed by atoms with E-state index in [4.69, 9.17) is 5.73 Å². The van der Waals surface area contributed by atoms with Crippen LogP contribution in [0.15, 0.2) is 158 Å². The summed E-state index contributed by atoms with van der Waals surface area (Å²) in [5.74, 6) is -0.165. The van der Waals surface area contributed by atoms with E-state index in [2.05, 4.69) is 54.6 Å². The molecule has 3 nitrogen and oxygen atoms in total. The summed E-state index contributed by atoms with van der Waals surface area (Å²) in [5, 5.41) is 2.02. The van der Waals surface area contributed by atoms with Crippen LogP contribution in [-0.2, 0) is 15.9 Å². The predicted octanol–water partition coefficient (Wildman–Crippen LogP) is 7.38. The van der Waals surface area contributed by atoms with E-state index in [0.29, 0.717) is 0 Å². The Morgan fingerprint density at radius 2 is 0.950 bits per heavy atom. The smallest absolute Gasteiger partial charge is 0.257 e. The van der Waals surface area contributed by atoms with Gasteiger partial charge in [-0.15, -0.1) is 0 Å². The lowest BCUT2D eigenvalue weighted by Crippen LogP contribution is -2.56. The van der Waals surface area contributed by atoms with Gasteiger partial charge < -0.3 is 5.73 Å². The largest absolute Gasteiger partial charge is 0.310 e. The standard InChI is InChI=1S/C37H28N2O/c38-36(32-25-14-16-27-15-10-11-23-31(27)32)33-24-12-13-26-34(33)39(35(36)40)37(28-17-4-1-5-18-28,29-19-6-2-7-20-29)30-21-8-3-9-22-30/h1-26H,38H2/t36-/m1/s1. The molecule has 6 aromatic carbocycles. The van der Waals surface area contributed by atoms with Gasteiger partial charge in [0.25, 0.3) is 5.91 Å². The van der Waals surface area contributed by atoms with Crippen molar-refractivity contribution in [2.75, 3.05) is 4.90 Å². The van der Waals surface area contributed by atoms with Gasteiger partial charge in [-0.25, -0.2) is 0 Å². The number of nitrogens with two attached hydrogens (primary N) is 1. The number of carbonyl (C=O) groups is 1. The summed E-state index contributed by atoms with van der Waals surface area (Å²) in [7, 11) is 0. The fraction of sp³-hybridized carbons (Fsp3) is 0.0541. The van der Waals surface area contributed by atoms with Gasteiger partial charge in [-0.3, -0.25) is 9.69 Å². The minimum Gasteiger partial charge on any atom is -0.310 e. The number of para-hydroxylation sites is 1. The highest BCUT2D eigenvalue weighted by Crippen LogP contribution is 2.53. The summed E-state index contributed by atoms with van der Waals surface area (Å²) in [6.45, 7) is 0. The first-order chi connectivity index (χ1) is 19.7. The molecule has 1 amide bonds. The maximum atomic E-state index is 15.3. The Hall–Kier alpha value is -4.99. The molecule has 1 aliphatic heterocycles. The van der Waals surface area contributed by atoms with Gasteiger partial charge in [-0.05, 0) is 39.1 Å². The molecule has 0 aromatic heterocycles. The highest BCUT2D eigenvalue weighted by atomic mass is 16.2. The molecule has 1 aliphatic rings. The van der Waals surface area contributed by atoms with Crippen molar-refractivity contribution in [1.29, 1.82) is 0 Å². The molecule has 0 spiro atoms. The molecule has 7 rings (SSSR count). The third-order valence-electron chi connectivity index (χ3n) is 8.23. The molecule has 0 bridgehead atoms. The average molecular weight is 517 g/mol. The van der Waals surface area contributed by atoms with Crippen molar-refractivity contribution in [1.82, 2.24) is 0 Å². The van der Waals surface area contributed by atoms with E-state index in [1.807, 2.05) is 108 Å². The summed E-state index contributed by atoms with van der Waals surface area (Å²) >= 11 is 0. The van der Waals surface area contributed by atoms with Crippen molar-refractivity contribution in [3.8, 4) is 0 Å². The van der Waals surface area contributed by atoms with Crippen LogP contribution in [0.1, 0.15) is 27.8 Å². The molecular formula is C37H28N2O. The molecule has 2 N–H and O–H groups in total. The van der Waals surface area contributed by atoms with Crippen molar-refractivity contribution in [2.24, 2.45) is 5.73 Å². The van der Waals surface area contributed by atoms with Crippen LogP contribution < -0.4 is 10.6 Å². The van der Waals surface area contributed by atoms with E-state index in [1.165, 1.54) is 0 Å². The maximum Gasteiger partial charge on any atom is 0.257 e. The van der Waals surface area contributed by atoms with E-state index in [-0.39, 0.29) is 5.91 Å². The first-order valence-corrected chi connectivity index (χ1v) is 13.5. The second-order valence-corrected chi connectivity index (χ2v) is 10.3. The van der Waals surface area contributed by atoms with Gasteiger partial charge in [0.1, 0.15) is 11.1 Å². The van der Waals surface area contributed by atoms with Crippen LogP contribution >= 0.6 is 0 Å². The van der Waals surface area contributed by atoms with Crippen LogP contribution in [0.3, 0.4) is 0 Å². The van der Waals surface area contributed by atoms with Crippen LogP contribution in [0.5, 0.6) is 0 Å². The number of nitrogens with zero attached hydrogens (tertiary/aromatic N) is 1. The quantitative estimate of drug-likeness (QED) is 0.243. The highest BCUT2D eigenvalue weighted by molar-refractivity contribution is 6.13. The van der Waals surface area contributed by atoms with Gasteiger partial charge in [0, 0.05) is 5.56 Å². The molecule has 1 atom stereocenters. The lowest BCUT2D eigenvalue weighted by Gasteiger charge is -2.44. The summed E-state index contributed by atoms with van der Waals surface area (Å²) < 4.78 is 0. The Morgan fingerprint density at radius 3 is 1.55 bits per heavy atom. The van der Waals surface area contributed by atoms with Crippen LogP contribution in [0, 0.1) is 0 Å². The topological polar surface area (TPSA) is 46.3 Å². The summed E-state index contributed by atoms with van der Waals surface area (Å²) in [4.78, 5) is 17.2. The van der Waals surface area contributed by atoms with Crippen molar-refractivity contribution in [3.63, 3.8) is 0 Å². The number of hydrogen-bond donors (Lipinski definition) is 1. The first-order valence-electron chi connectivity index (χ1n) is 13.5. The third kappa shape index (κ3) is 3.32. The van der Waals surface area contributed by atoms with E-state index in [0.717, 1.165) is 44.3 Å². The van der Waals surface area contributed by atoms with Crippen LogP contribution in [0.4, 0.5) is 5.69 Å². The van der Waals surface area contributed by atoms with E-state index >= 15 is 4.79 Å². The first kappa shape index (κ1) is 24.1. The maximum absolute atomic E-state index is 15.3. The average Bonchev–Trinajstić information content (AvgIpc) is 3.26. The second kappa shape index (κ2) is 9.33. The molecule has 0 unspecified atom stereocenters. The molecule has 3 heteroatoms. The van der Waals surface area contributed by atoms with E-state index in [9.17, 15) is 0 Å². The molecule has 0 saturated carbocycles. The zero-order valence-corrected chi connectivity index (χ0v) is 21.9. The number of fused-ring (bicyclic) bond motifs is 2. The minimum absolute atomic E-state index is 0.165. The molecule has 0 fully saturated rings. The fourth-order valence-electron chi connectivity index (χ4n) is 6.49. The van der Waals surface area contributed by atoms with Gasteiger partial charge in [-0.1, -0.05) is 152 Å². The zero-order valence-electron chi connectivity index (χ0n) is 21.9. The normalized spacial score (nSPS) is 16.7. The Bertz CT molecular complexity index is 1730. The Labute approximate surface area is 234 Å². The van der Waals surface area contributed by atoms with Crippen LogP contribution in [0.25, 0.3) is 10.8 Å². The van der Waals surface area contributed by atoms with Crippen molar-refractivity contribution in [2.45, 2.75) is 11.1 Å². The lowest BCUT2D eigenvalue weighted by atomic mass is 9.75. The minimum atomic E-state index is -1.39. The monoisotopic (exact) mass is 516 g/mol. The number of rotatable bonds is 5. The lowest BCUT2D eigenvalue weighted by molar-refractivity contribution is -0.122. The van der Waals surface area contributed by atoms with Gasteiger partial charge in [0.2, 0.25) is 0 Å². The Balaban J connectivity index is 1.60. The summed E-state index contributed by atoms with van der Waals surface area (Å²) in [5.41, 5.74) is 10.4. The molecule has 192 valence electrons. The number of benzene rings is 6. The molecule has 0 saturated heterocycles. The zero-order chi connectivity index (χ0) is 27.2. The van der Waals surface area contributed by atoms with Gasteiger partial charge in [0.05, 0.1) is 5.69 Å². The van der Waals surface area contributed by atoms with Gasteiger partial charge in [0.15, 0.2) is 0 Å². The van der Waals surface area contributed by atoms with Gasteiger partial charge >= 0.3 is 0 Å². The SMILES string of the molecule is N[C@@]1(c2cccc3ccccc23)C(=O)N(C(c2ccccc2)(c2ccccc2)c2ccccc2)c2ccccc21. The highest BCUT2D eigenvalue weighted by Gasteiger charge is 2.57. The summed E-state index contributed by atoms with van der Waals surface area (Å²) in [6.07, 6.45) is 0. The molecule has 1 heterocycles. The summed E-state index contributed by atoms with van der Waals surface area (Å²) in [6, 6.07) is 53.0. The third-order valence-corrected chi connectivity index (χ3v) is 8.23. The van der Waals surface area contributed by atoms with Crippen molar-refractivity contribution in [3.05, 3.63) is 186 Å². The molecular weight excluding hydrogens is 488 g/mol. The predicted molar refractivity (Wildman–Crippen MR) is 162 cm³/mol. The van der Waals surface area contributed by atoms with Crippen LogP contribution in [0.2, 0.25) is 0 Å². The van der Waals surface area contributed by atoms with Gasteiger partial charge in [-0.2, -0.15) is 0 Å². The molecule has 0 aliphatic carbocycles. The van der Waals surface area contributed by atoms with E-state index < -0.39 is 11.1 Å². The van der Waals surface area contributed by atoms with Crippen LogP contribution in [-0.4, -0.2) is 5.91 Å². The molecule has 0 radical (unpaired) electrons. The Kier molecular flexibility index (Phi) is 5.62. The number of amides is 1. The van der Waals surface area contributed by atoms with Crippen molar-refractivity contribution < 1.29 is 4.79 Å². The number of hydrogen-bond acceptors (Lipinski definition) is 2.